The summed E-state index contributed by atoms with van der Waals surface area (Å²) in [5.74, 6) is 0.631. The number of hydrogen-bond donors (Lipinski definition) is 0. The lowest BCUT2D eigenvalue weighted by Crippen LogP contribution is -2.21. The monoisotopic (exact) mass is 654 g/mol. The van der Waals surface area contributed by atoms with Gasteiger partial charge in [0.25, 0.3) is 0 Å². The fourth-order valence-electron chi connectivity index (χ4n) is 8.30. The molecule has 9 aromatic rings. The predicted octanol–water partition coefficient (Wildman–Crippen LogP) is 13.2. The van der Waals surface area contributed by atoms with E-state index in [2.05, 4.69) is 158 Å². The van der Waals surface area contributed by atoms with Crippen LogP contribution >= 0.6 is 0 Å². The first-order chi connectivity index (χ1) is 25.1. The van der Waals surface area contributed by atoms with Crippen LogP contribution in [0.2, 0.25) is 0 Å². The molecular weight excluding hydrogens is 621 g/mol. The second-order valence-corrected chi connectivity index (χ2v) is 14.0. The largest absolute Gasteiger partial charge is 0.435 e. The van der Waals surface area contributed by atoms with Crippen molar-refractivity contribution in [2.45, 2.75) is 19.3 Å². The van der Waals surface area contributed by atoms with E-state index >= 15 is 0 Å². The number of fused-ring (bicyclic) bond motifs is 8. The average Bonchev–Trinajstić information content (AvgIpc) is 3.73. The van der Waals surface area contributed by atoms with Crippen LogP contribution in [0.4, 0.5) is 17.1 Å². The Bertz CT molecular complexity index is 2780. The number of anilines is 3. The lowest BCUT2D eigenvalue weighted by molar-refractivity contribution is 0.623. The molecule has 1 heterocycles. The van der Waals surface area contributed by atoms with Crippen LogP contribution in [0.3, 0.4) is 0 Å². The first-order valence-electron chi connectivity index (χ1n) is 17.6. The second-order valence-electron chi connectivity index (χ2n) is 14.0. The van der Waals surface area contributed by atoms with Gasteiger partial charge in [0, 0.05) is 27.6 Å². The van der Waals surface area contributed by atoms with E-state index in [1.54, 1.807) is 0 Å². The number of para-hydroxylation sites is 1. The van der Waals surface area contributed by atoms with Gasteiger partial charge in [-0.25, -0.2) is 4.98 Å². The van der Waals surface area contributed by atoms with Gasteiger partial charge < -0.3 is 9.32 Å². The van der Waals surface area contributed by atoms with Crippen molar-refractivity contribution in [2.75, 3.05) is 4.90 Å². The van der Waals surface area contributed by atoms with Crippen molar-refractivity contribution in [2.24, 2.45) is 0 Å². The fraction of sp³-hybridized carbons (Fsp3) is 0.0625. The Morgan fingerprint density at radius 3 is 1.98 bits per heavy atom. The maximum absolute atomic E-state index is 6.62. The van der Waals surface area contributed by atoms with E-state index in [0.717, 1.165) is 49.6 Å². The number of oxazole rings is 1. The molecule has 51 heavy (non-hydrogen) atoms. The Morgan fingerprint density at radius 1 is 0.529 bits per heavy atom. The first-order valence-corrected chi connectivity index (χ1v) is 17.6. The molecule has 1 aliphatic carbocycles. The molecule has 0 amide bonds. The number of rotatable bonds is 5. The summed E-state index contributed by atoms with van der Waals surface area (Å²) in [5, 5.41) is 4.47. The number of nitrogens with zero attached hydrogens (tertiary/aromatic N) is 2. The minimum absolute atomic E-state index is 0.203. The summed E-state index contributed by atoms with van der Waals surface area (Å²) >= 11 is 0. The molecule has 242 valence electrons. The van der Waals surface area contributed by atoms with Crippen LogP contribution in [-0.4, -0.2) is 4.98 Å². The van der Waals surface area contributed by atoms with Gasteiger partial charge >= 0.3 is 0 Å². The maximum atomic E-state index is 6.62. The molecule has 0 atom stereocenters. The second kappa shape index (κ2) is 11.3. The van der Waals surface area contributed by atoms with Crippen LogP contribution < -0.4 is 4.90 Å². The van der Waals surface area contributed by atoms with Gasteiger partial charge in [0.1, 0.15) is 5.52 Å². The SMILES string of the molecule is CC1(C)c2ccccc2-c2cccc(N(c3ccc4ccc5ccc6nc(-c7ccccc7)oc6c5c4c3)c3ccccc3-c3ccccc3)c21. The normalized spacial score (nSPS) is 13.1. The van der Waals surface area contributed by atoms with Crippen molar-refractivity contribution in [1.82, 2.24) is 4.98 Å². The van der Waals surface area contributed by atoms with Gasteiger partial charge in [-0.05, 0) is 86.4 Å². The van der Waals surface area contributed by atoms with Crippen LogP contribution in [0.5, 0.6) is 0 Å². The molecule has 1 aliphatic rings. The number of hydrogen-bond acceptors (Lipinski definition) is 3. The summed E-state index contributed by atoms with van der Waals surface area (Å²) in [4.78, 5) is 7.41. The van der Waals surface area contributed by atoms with E-state index in [0.29, 0.717) is 5.89 Å². The molecule has 0 aliphatic heterocycles. The third-order valence-electron chi connectivity index (χ3n) is 10.6. The number of benzene rings is 8. The standard InChI is InChI=1S/C48H34N2O/c1-48(2)40-21-11-9-19-37(40)38-20-13-23-43(45(38)48)50(42-22-12-10-18-36(42)31-14-5-3-6-15-31)35-28-26-32-24-25-33-27-29-41-46(44(33)39(32)30-35)51-47(49-41)34-16-7-4-8-17-34/h3-30H,1-2H3. The lowest BCUT2D eigenvalue weighted by Gasteiger charge is -2.33. The van der Waals surface area contributed by atoms with Crippen LogP contribution in [0.15, 0.2) is 174 Å². The summed E-state index contributed by atoms with van der Waals surface area (Å²) in [6, 6.07) is 60.8. The first kappa shape index (κ1) is 29.5. The van der Waals surface area contributed by atoms with E-state index in [9.17, 15) is 0 Å². The smallest absolute Gasteiger partial charge is 0.227 e. The van der Waals surface area contributed by atoms with Gasteiger partial charge in [-0.15, -0.1) is 0 Å². The zero-order valence-electron chi connectivity index (χ0n) is 28.5. The fourth-order valence-corrected chi connectivity index (χ4v) is 8.30. The van der Waals surface area contributed by atoms with E-state index in [4.69, 9.17) is 9.40 Å². The van der Waals surface area contributed by atoms with Crippen molar-refractivity contribution in [3.8, 4) is 33.7 Å². The molecule has 0 spiro atoms. The quantitative estimate of drug-likeness (QED) is 0.173. The summed E-state index contributed by atoms with van der Waals surface area (Å²) in [6.45, 7) is 4.72. The van der Waals surface area contributed by atoms with E-state index < -0.39 is 0 Å². The zero-order chi connectivity index (χ0) is 34.1. The Hall–Kier alpha value is -6.45. The van der Waals surface area contributed by atoms with Crippen LogP contribution in [0, 0.1) is 0 Å². The topological polar surface area (TPSA) is 29.3 Å². The summed E-state index contributed by atoms with van der Waals surface area (Å²) in [5.41, 5.74) is 13.4. The minimum Gasteiger partial charge on any atom is -0.435 e. The molecule has 1 aromatic heterocycles. The molecule has 0 bridgehead atoms. The van der Waals surface area contributed by atoms with Gasteiger partial charge in [0.2, 0.25) is 5.89 Å². The Kier molecular flexibility index (Phi) is 6.53. The van der Waals surface area contributed by atoms with Crippen LogP contribution in [0.1, 0.15) is 25.0 Å². The highest BCUT2D eigenvalue weighted by atomic mass is 16.3. The molecule has 3 nitrogen and oxygen atoms in total. The van der Waals surface area contributed by atoms with Crippen molar-refractivity contribution >= 4 is 49.7 Å². The van der Waals surface area contributed by atoms with Crippen molar-refractivity contribution in [3.63, 3.8) is 0 Å². The average molecular weight is 655 g/mol. The molecule has 10 rings (SSSR count). The molecule has 0 unspecified atom stereocenters. The molecule has 0 saturated heterocycles. The predicted molar refractivity (Wildman–Crippen MR) is 212 cm³/mol. The molecule has 8 aromatic carbocycles. The lowest BCUT2D eigenvalue weighted by atomic mass is 9.81. The third-order valence-corrected chi connectivity index (χ3v) is 10.6. The molecule has 0 N–H and O–H groups in total. The highest BCUT2D eigenvalue weighted by Gasteiger charge is 2.39. The zero-order valence-corrected chi connectivity index (χ0v) is 28.5. The minimum atomic E-state index is -0.203. The van der Waals surface area contributed by atoms with Gasteiger partial charge in [0.15, 0.2) is 5.58 Å². The Labute approximate surface area is 297 Å². The van der Waals surface area contributed by atoms with Gasteiger partial charge in [0.05, 0.1) is 11.4 Å². The molecule has 0 radical (unpaired) electrons. The molecule has 0 saturated carbocycles. The molecule has 0 fully saturated rings. The molecule has 3 heteroatoms. The molecular formula is C48H34N2O. The van der Waals surface area contributed by atoms with Gasteiger partial charge in [-0.2, -0.15) is 0 Å². The van der Waals surface area contributed by atoms with Crippen molar-refractivity contribution in [1.29, 1.82) is 0 Å². The van der Waals surface area contributed by atoms with Gasteiger partial charge in [-0.3, -0.25) is 0 Å². The van der Waals surface area contributed by atoms with Gasteiger partial charge in [-0.1, -0.05) is 141 Å². The van der Waals surface area contributed by atoms with Crippen LogP contribution in [-0.2, 0) is 5.41 Å². The maximum Gasteiger partial charge on any atom is 0.227 e. The number of aromatic nitrogens is 1. The van der Waals surface area contributed by atoms with E-state index in [1.807, 2.05) is 30.3 Å². The van der Waals surface area contributed by atoms with E-state index in [1.165, 1.54) is 39.1 Å². The highest BCUT2D eigenvalue weighted by Crippen LogP contribution is 2.55. The summed E-state index contributed by atoms with van der Waals surface area (Å²) in [7, 11) is 0. The van der Waals surface area contributed by atoms with Crippen molar-refractivity contribution in [3.05, 3.63) is 181 Å². The summed E-state index contributed by atoms with van der Waals surface area (Å²) in [6.07, 6.45) is 0. The van der Waals surface area contributed by atoms with E-state index in [-0.39, 0.29) is 5.41 Å². The Morgan fingerprint density at radius 2 is 1.16 bits per heavy atom. The van der Waals surface area contributed by atoms with Crippen LogP contribution in [0.25, 0.3) is 66.4 Å². The Balaban J connectivity index is 1.27. The summed E-state index contributed by atoms with van der Waals surface area (Å²) < 4.78 is 6.62. The highest BCUT2D eigenvalue weighted by molar-refractivity contribution is 6.19. The third kappa shape index (κ3) is 4.55. The van der Waals surface area contributed by atoms with Crippen molar-refractivity contribution < 1.29 is 4.42 Å².